The van der Waals surface area contributed by atoms with Gasteiger partial charge in [-0.3, -0.25) is 4.79 Å². The molecule has 0 fully saturated rings. The van der Waals surface area contributed by atoms with E-state index in [0.29, 0.717) is 0 Å². The van der Waals surface area contributed by atoms with Crippen molar-refractivity contribution >= 4 is 11.6 Å². The molecule has 0 aliphatic heterocycles. The van der Waals surface area contributed by atoms with Crippen LogP contribution in [-0.2, 0) is 10.2 Å². The highest BCUT2D eigenvalue weighted by atomic mass is 19.1. The molecule has 0 spiro atoms. The van der Waals surface area contributed by atoms with Crippen LogP contribution in [0.2, 0.25) is 0 Å². The van der Waals surface area contributed by atoms with E-state index in [1.807, 2.05) is 0 Å². The first kappa shape index (κ1) is 17.7. The van der Waals surface area contributed by atoms with Gasteiger partial charge in [0.25, 0.3) is 0 Å². The lowest BCUT2D eigenvalue weighted by Gasteiger charge is -2.25. The highest BCUT2D eigenvalue weighted by molar-refractivity contribution is 5.99. The summed E-state index contributed by atoms with van der Waals surface area (Å²) >= 11 is 0. The van der Waals surface area contributed by atoms with Crippen molar-refractivity contribution in [2.24, 2.45) is 0 Å². The maximum absolute atomic E-state index is 14.2. The smallest absolute Gasteiger partial charge is 0.234 e. The molecule has 128 valence electrons. The van der Waals surface area contributed by atoms with Crippen LogP contribution in [0, 0.1) is 11.6 Å². The molecular weight excluding hydrogens is 316 g/mol. The quantitative estimate of drug-likeness (QED) is 0.901. The van der Waals surface area contributed by atoms with Crippen LogP contribution in [0.5, 0.6) is 11.5 Å². The van der Waals surface area contributed by atoms with Gasteiger partial charge in [-0.25, -0.2) is 8.78 Å². The second-order valence-corrected chi connectivity index (χ2v) is 5.75. The third-order valence-electron chi connectivity index (χ3n) is 3.84. The van der Waals surface area contributed by atoms with Crippen molar-refractivity contribution in [1.29, 1.82) is 0 Å². The Bertz CT molecular complexity index is 760. The summed E-state index contributed by atoms with van der Waals surface area (Å²) in [5.74, 6) is -1.23. The zero-order valence-electron chi connectivity index (χ0n) is 13.9. The summed E-state index contributed by atoms with van der Waals surface area (Å²) in [6.07, 6.45) is 0. The van der Waals surface area contributed by atoms with Crippen molar-refractivity contribution < 1.29 is 23.0 Å². The molecule has 1 amide bonds. The minimum Gasteiger partial charge on any atom is -0.493 e. The van der Waals surface area contributed by atoms with Gasteiger partial charge in [-0.2, -0.15) is 0 Å². The van der Waals surface area contributed by atoms with E-state index in [2.05, 4.69) is 5.32 Å². The molecule has 0 aromatic heterocycles. The molecule has 0 bridgehead atoms. The third kappa shape index (κ3) is 3.32. The molecule has 2 rings (SSSR count). The van der Waals surface area contributed by atoms with Crippen molar-refractivity contribution in [3.63, 3.8) is 0 Å². The summed E-state index contributed by atoms with van der Waals surface area (Å²) in [6.45, 7) is 3.14. The van der Waals surface area contributed by atoms with E-state index >= 15 is 0 Å². The van der Waals surface area contributed by atoms with Gasteiger partial charge in [0.1, 0.15) is 5.82 Å². The Morgan fingerprint density at radius 2 is 1.58 bits per heavy atom. The Morgan fingerprint density at radius 1 is 1.00 bits per heavy atom. The standard InChI is InChI=1S/C18H19F2NO3/c1-18(2,11-7-5-6-8-12(11)19)17(22)21-14-10-16(24-4)15(23-3)9-13(14)20/h5-10H,1-4H3,(H,21,22). The van der Waals surface area contributed by atoms with E-state index in [4.69, 9.17) is 9.47 Å². The van der Waals surface area contributed by atoms with E-state index in [1.165, 1.54) is 32.4 Å². The topological polar surface area (TPSA) is 47.6 Å². The zero-order valence-corrected chi connectivity index (χ0v) is 13.9. The second-order valence-electron chi connectivity index (χ2n) is 5.75. The maximum Gasteiger partial charge on any atom is 0.234 e. The van der Waals surface area contributed by atoms with Gasteiger partial charge in [-0.15, -0.1) is 0 Å². The normalized spacial score (nSPS) is 11.1. The molecule has 0 heterocycles. The first-order chi connectivity index (χ1) is 11.3. The summed E-state index contributed by atoms with van der Waals surface area (Å²) in [7, 11) is 2.79. The van der Waals surface area contributed by atoms with E-state index < -0.39 is 23.0 Å². The van der Waals surface area contributed by atoms with Crippen molar-refractivity contribution in [2.75, 3.05) is 19.5 Å². The molecule has 6 heteroatoms. The molecule has 1 N–H and O–H groups in total. The number of amides is 1. The van der Waals surface area contributed by atoms with Crippen LogP contribution < -0.4 is 14.8 Å². The van der Waals surface area contributed by atoms with E-state index in [-0.39, 0.29) is 22.7 Å². The van der Waals surface area contributed by atoms with E-state index in [9.17, 15) is 13.6 Å². The molecule has 4 nitrogen and oxygen atoms in total. The lowest BCUT2D eigenvalue weighted by molar-refractivity contribution is -0.120. The molecule has 24 heavy (non-hydrogen) atoms. The number of carbonyl (C=O) groups is 1. The highest BCUT2D eigenvalue weighted by Gasteiger charge is 2.33. The Kier molecular flexibility index (Phi) is 5.07. The predicted octanol–water partition coefficient (Wildman–Crippen LogP) is 3.90. The number of methoxy groups -OCH3 is 2. The summed E-state index contributed by atoms with van der Waals surface area (Å²) in [6, 6.07) is 8.43. The van der Waals surface area contributed by atoms with Gasteiger partial charge in [0.15, 0.2) is 17.3 Å². The molecule has 0 radical (unpaired) electrons. The average molecular weight is 335 g/mol. The second kappa shape index (κ2) is 6.86. The predicted molar refractivity (Wildman–Crippen MR) is 87.6 cm³/mol. The summed E-state index contributed by atoms with van der Waals surface area (Å²) < 4.78 is 38.3. The van der Waals surface area contributed by atoms with E-state index in [1.54, 1.807) is 26.0 Å². The minimum atomic E-state index is -1.19. The van der Waals surface area contributed by atoms with Crippen LogP contribution in [0.25, 0.3) is 0 Å². The zero-order chi connectivity index (χ0) is 17.9. The number of rotatable bonds is 5. The average Bonchev–Trinajstić information content (AvgIpc) is 2.56. The summed E-state index contributed by atoms with van der Waals surface area (Å²) in [4.78, 5) is 12.6. The van der Waals surface area contributed by atoms with Gasteiger partial charge in [0.2, 0.25) is 5.91 Å². The number of ether oxygens (including phenoxy) is 2. The number of anilines is 1. The fourth-order valence-corrected chi connectivity index (χ4v) is 2.32. The fraction of sp³-hybridized carbons (Fsp3) is 0.278. The molecule has 0 saturated carbocycles. The van der Waals surface area contributed by atoms with Gasteiger partial charge in [-0.05, 0) is 19.9 Å². The SMILES string of the molecule is COc1cc(F)c(NC(=O)C(C)(C)c2ccccc2F)cc1OC. The molecule has 0 atom stereocenters. The van der Waals surface area contributed by atoms with Gasteiger partial charge >= 0.3 is 0 Å². The largest absolute Gasteiger partial charge is 0.493 e. The van der Waals surface area contributed by atoms with Crippen LogP contribution in [0.3, 0.4) is 0 Å². The lowest BCUT2D eigenvalue weighted by atomic mass is 9.83. The maximum atomic E-state index is 14.2. The van der Waals surface area contributed by atoms with Gasteiger partial charge in [0.05, 0.1) is 25.3 Å². The molecule has 0 unspecified atom stereocenters. The van der Waals surface area contributed by atoms with Crippen molar-refractivity contribution in [2.45, 2.75) is 19.3 Å². The Morgan fingerprint density at radius 3 is 2.17 bits per heavy atom. The van der Waals surface area contributed by atoms with Crippen LogP contribution in [0.1, 0.15) is 19.4 Å². The molecule has 0 saturated heterocycles. The Hall–Kier alpha value is -2.63. The van der Waals surface area contributed by atoms with Crippen molar-refractivity contribution in [1.82, 2.24) is 0 Å². The number of halogens is 2. The number of nitrogens with one attached hydrogen (secondary N) is 1. The van der Waals surface area contributed by atoms with Crippen molar-refractivity contribution in [3.8, 4) is 11.5 Å². The Labute approximate surface area is 139 Å². The van der Waals surface area contributed by atoms with Crippen LogP contribution in [0.4, 0.5) is 14.5 Å². The van der Waals surface area contributed by atoms with Gasteiger partial charge < -0.3 is 14.8 Å². The fourth-order valence-electron chi connectivity index (χ4n) is 2.32. The number of benzene rings is 2. The lowest BCUT2D eigenvalue weighted by Crippen LogP contribution is -2.35. The molecule has 0 aliphatic rings. The van der Waals surface area contributed by atoms with Crippen molar-refractivity contribution in [3.05, 3.63) is 53.6 Å². The highest BCUT2D eigenvalue weighted by Crippen LogP contribution is 2.34. The van der Waals surface area contributed by atoms with Crippen LogP contribution in [0.15, 0.2) is 36.4 Å². The van der Waals surface area contributed by atoms with Gasteiger partial charge in [-0.1, -0.05) is 18.2 Å². The molecule has 0 aliphatic carbocycles. The summed E-state index contributed by atoms with van der Waals surface area (Å²) in [5, 5.41) is 2.49. The minimum absolute atomic E-state index is 0.0675. The van der Waals surface area contributed by atoms with Gasteiger partial charge in [0, 0.05) is 17.7 Å². The first-order valence-electron chi connectivity index (χ1n) is 7.29. The molecule has 2 aromatic rings. The van der Waals surface area contributed by atoms with Crippen LogP contribution >= 0.6 is 0 Å². The van der Waals surface area contributed by atoms with Crippen LogP contribution in [-0.4, -0.2) is 20.1 Å². The summed E-state index contributed by atoms with van der Waals surface area (Å²) in [5.41, 5.74) is -1.03. The monoisotopic (exact) mass is 335 g/mol. The first-order valence-corrected chi connectivity index (χ1v) is 7.29. The third-order valence-corrected chi connectivity index (χ3v) is 3.84. The van der Waals surface area contributed by atoms with E-state index in [0.717, 1.165) is 6.07 Å². The number of carbonyl (C=O) groups excluding carboxylic acids is 1. The number of hydrogen-bond acceptors (Lipinski definition) is 3. The molecule has 2 aromatic carbocycles. The Balaban J connectivity index is 2.34. The number of hydrogen-bond donors (Lipinski definition) is 1. The molecular formula is C18H19F2NO3.